The van der Waals surface area contributed by atoms with Crippen LogP contribution in [0.15, 0.2) is 0 Å². The minimum Gasteiger partial charge on any atom is -0.386 e. The Morgan fingerprint density at radius 3 is 0.394 bits per heavy atom. The van der Waals surface area contributed by atoms with Crippen LogP contribution in [0.1, 0.15) is 0 Å². The first-order chi connectivity index (χ1) is 32.2. The maximum Gasteiger partial charge on any atom is 0.150 e. The molecule has 0 unspecified atom stereocenters. The van der Waals surface area contributed by atoms with Crippen LogP contribution in [0, 0.1) is 0 Å². The third kappa shape index (κ3) is 165. The predicted molar refractivity (Wildman–Crippen MR) is 325 cm³/mol. The Morgan fingerprint density at radius 1 is 0.182 bits per heavy atom. The summed E-state index contributed by atoms with van der Waals surface area (Å²) in [6.07, 6.45) is 29.5. The summed E-state index contributed by atoms with van der Waals surface area (Å²) in [7, 11) is 0. The van der Waals surface area contributed by atoms with Crippen molar-refractivity contribution in [1.29, 1.82) is 0 Å². The highest BCUT2D eigenvalue weighted by Crippen LogP contribution is 1.99. The molecular weight excluding hydrogens is 1150 g/mol. The van der Waals surface area contributed by atoms with Gasteiger partial charge in [0.25, 0.3) is 0 Å². The fourth-order valence-corrected chi connectivity index (χ4v) is 4.71. The fraction of sp³-hybridized carbons (Fsp3) is 1.00. The monoisotopic (exact) mass is 1240 g/mol. The van der Waals surface area contributed by atoms with Gasteiger partial charge in [0, 0.05) is 0 Å². The molecule has 414 valence electrons. The number of hydrogen-bond acceptors (Lipinski definition) is 30. The van der Waals surface area contributed by atoms with E-state index in [4.69, 9.17) is 72.2 Å². The fourth-order valence-electron chi connectivity index (χ4n) is 1.76. The zero-order chi connectivity index (χ0) is 51.9. The van der Waals surface area contributed by atoms with E-state index in [-0.39, 0.29) is 17.8 Å². The molecule has 0 aliphatic carbocycles. The molecule has 0 aromatic heterocycles. The minimum atomic E-state index is 0.236. The highest BCUT2D eigenvalue weighted by atomic mass is 32.2. The van der Waals surface area contributed by atoms with Gasteiger partial charge in [0.1, 0.15) is 27.2 Å². The van der Waals surface area contributed by atoms with Crippen molar-refractivity contribution in [2.75, 3.05) is 224 Å². The molecule has 0 amide bonds. The topological polar surface area (TPSA) is 171 Å². The van der Waals surface area contributed by atoms with Crippen molar-refractivity contribution in [3.8, 4) is 0 Å². The molecule has 0 saturated carbocycles. The van der Waals surface area contributed by atoms with Crippen molar-refractivity contribution in [1.82, 2.24) is 0 Å². The Hall–Kier alpha value is 4.65. The van der Waals surface area contributed by atoms with Crippen LogP contribution in [0.25, 0.3) is 0 Å². The summed E-state index contributed by atoms with van der Waals surface area (Å²) in [6, 6.07) is 0. The Bertz CT molecular complexity index is 524. The summed E-state index contributed by atoms with van der Waals surface area (Å²) < 4.78 is 60.2. The number of ether oxygens (including phenoxy) is 12. The van der Waals surface area contributed by atoms with Gasteiger partial charge in [0.15, 0.2) is 13.6 Å². The third-order valence-electron chi connectivity index (χ3n) is 3.80. The predicted octanol–water partition coefficient (Wildman–Crippen LogP) is 10.6. The summed E-state index contributed by atoms with van der Waals surface area (Å²) in [6.45, 7) is 2.30. The quantitative estimate of drug-likeness (QED) is 0.0392. The van der Waals surface area contributed by atoms with Crippen molar-refractivity contribution < 1.29 is 72.2 Å². The van der Waals surface area contributed by atoms with E-state index in [1.807, 2.05) is 93.8 Å². The standard InChI is InChI=1S/C6H14O3S2.4C5H12O2S2.C4H10OS2.3C2H6OS/c1-10-5-8-3-7-4-9-6-11-2;4*1-8-4-6-3-7-5-9-2;1-6-3-5-4-7-2;3*1-4-2-3/h3-6H2,1-2H3;4*3-5H2,1-2H3;3-4H2,1-2H3;3*3H,2H2,1H3. The maximum atomic E-state index is 7.84. The zero-order valence-electron chi connectivity index (χ0n) is 42.2. The molecule has 0 aliphatic heterocycles. The van der Waals surface area contributed by atoms with Gasteiger partial charge in [0.05, 0.1) is 89.1 Å². The van der Waals surface area contributed by atoms with Crippen molar-refractivity contribution >= 4 is 176 Å². The average molecular weight is 1240 g/mol. The van der Waals surface area contributed by atoms with Gasteiger partial charge in [-0.1, -0.05) is 0 Å². The molecule has 0 aromatic carbocycles. The molecule has 0 heterocycles. The van der Waals surface area contributed by atoms with E-state index in [2.05, 4.69) is 0 Å². The summed E-state index contributed by atoms with van der Waals surface area (Å²) >= 11 is 24.1. The molecule has 3 N–H and O–H groups in total. The molecular formula is C36H90O15S15. The van der Waals surface area contributed by atoms with Crippen molar-refractivity contribution in [3.05, 3.63) is 0 Å². The lowest BCUT2D eigenvalue weighted by Gasteiger charge is -2.03. The van der Waals surface area contributed by atoms with E-state index in [1.54, 1.807) is 141 Å². The van der Waals surface area contributed by atoms with E-state index in [1.165, 1.54) is 35.3 Å². The Kier molecular flexibility index (Phi) is 162. The summed E-state index contributed by atoms with van der Waals surface area (Å²) in [5.41, 5.74) is 0. The van der Waals surface area contributed by atoms with Gasteiger partial charge in [-0.3, -0.25) is 0 Å². The molecule has 0 atom stereocenters. The maximum absolute atomic E-state index is 7.84. The van der Waals surface area contributed by atoms with E-state index in [9.17, 15) is 0 Å². The lowest BCUT2D eigenvalue weighted by molar-refractivity contribution is -0.114. The molecule has 0 saturated heterocycles. The van der Waals surface area contributed by atoms with Gasteiger partial charge in [-0.05, 0) is 93.8 Å². The Labute approximate surface area is 467 Å². The van der Waals surface area contributed by atoms with E-state index in [0.29, 0.717) is 100 Å². The van der Waals surface area contributed by atoms with Crippen LogP contribution in [-0.2, 0) is 56.8 Å². The minimum absolute atomic E-state index is 0.236. The molecule has 0 rings (SSSR count). The first-order valence-electron chi connectivity index (χ1n) is 18.3. The number of hydrogen-bond donors (Lipinski definition) is 3. The number of thioether (sulfide) groups is 15. The lowest BCUT2D eigenvalue weighted by Crippen LogP contribution is -2.03. The van der Waals surface area contributed by atoms with Crippen molar-refractivity contribution in [3.63, 3.8) is 0 Å². The van der Waals surface area contributed by atoms with Crippen LogP contribution >= 0.6 is 176 Å². The number of rotatable bonds is 39. The van der Waals surface area contributed by atoms with Gasteiger partial charge in [0.2, 0.25) is 0 Å². The van der Waals surface area contributed by atoms with Crippen LogP contribution in [0.2, 0.25) is 0 Å². The van der Waals surface area contributed by atoms with Crippen LogP contribution < -0.4 is 0 Å². The molecule has 30 heteroatoms. The van der Waals surface area contributed by atoms with Gasteiger partial charge < -0.3 is 72.2 Å². The molecule has 0 fully saturated rings. The molecule has 15 nitrogen and oxygen atoms in total. The first kappa shape index (κ1) is 90.2. The molecule has 0 aliphatic rings. The van der Waals surface area contributed by atoms with Gasteiger partial charge in [-0.2, -0.15) is 0 Å². The van der Waals surface area contributed by atoms with Gasteiger partial charge in [-0.25, -0.2) is 0 Å². The first-order valence-corrected chi connectivity index (χ1v) is 39.2. The highest BCUT2D eigenvalue weighted by molar-refractivity contribution is 8.01. The number of aliphatic hydroxyl groups excluding tert-OH is 3. The second-order valence-electron chi connectivity index (χ2n) is 9.29. The second-order valence-corrected chi connectivity index (χ2v) is 21.6. The average Bonchev–Trinajstić information content (AvgIpc) is 3.35. The highest BCUT2D eigenvalue weighted by Gasteiger charge is 1.88. The third-order valence-corrected chi connectivity index (χ3v) is 9.40. The van der Waals surface area contributed by atoms with Crippen molar-refractivity contribution in [2.24, 2.45) is 0 Å². The number of aliphatic hydroxyl groups is 3. The van der Waals surface area contributed by atoms with Gasteiger partial charge in [-0.15, -0.1) is 176 Å². The molecule has 0 radical (unpaired) electrons. The van der Waals surface area contributed by atoms with Crippen LogP contribution in [0.5, 0.6) is 0 Å². The van der Waals surface area contributed by atoms with E-state index < -0.39 is 0 Å². The largest absolute Gasteiger partial charge is 0.386 e. The van der Waals surface area contributed by atoms with Crippen LogP contribution in [-0.4, -0.2) is 239 Å². The molecule has 0 bridgehead atoms. The van der Waals surface area contributed by atoms with E-state index >= 15 is 0 Å². The molecule has 0 spiro atoms. The molecule has 0 aromatic rings. The van der Waals surface area contributed by atoms with Crippen molar-refractivity contribution in [2.45, 2.75) is 0 Å². The van der Waals surface area contributed by atoms with Gasteiger partial charge >= 0.3 is 0 Å². The normalized spacial score (nSPS) is 9.55. The van der Waals surface area contributed by atoms with E-state index in [0.717, 1.165) is 11.9 Å². The molecule has 66 heavy (non-hydrogen) atoms. The zero-order valence-corrected chi connectivity index (χ0v) is 54.5. The summed E-state index contributed by atoms with van der Waals surface area (Å²) in [5, 5.41) is 23.5. The SMILES string of the molecule is CSCO.CSCO.CSCO.CSCOCOCOCSC.CSCOCOCSC.CSCOCOCSC.CSCOCOCSC.CSCOCOCSC.CSCOCSC. The van der Waals surface area contributed by atoms with Crippen LogP contribution in [0.3, 0.4) is 0 Å². The second kappa shape index (κ2) is 118. The lowest BCUT2D eigenvalue weighted by atomic mass is 11.3. The Balaban J connectivity index is -0.0000000806. The summed E-state index contributed by atoms with van der Waals surface area (Å²) in [4.78, 5) is 0. The smallest absolute Gasteiger partial charge is 0.150 e. The Morgan fingerprint density at radius 2 is 0.288 bits per heavy atom. The van der Waals surface area contributed by atoms with Crippen LogP contribution in [0.4, 0.5) is 0 Å². The summed E-state index contributed by atoms with van der Waals surface area (Å²) in [5.74, 6) is 9.42.